The van der Waals surface area contributed by atoms with Crippen LogP contribution in [0, 0.1) is 0 Å². The molecule has 0 saturated heterocycles. The topological polar surface area (TPSA) is 37.3 Å². The van der Waals surface area contributed by atoms with Crippen LogP contribution in [0.1, 0.15) is 13.3 Å². The molecule has 0 saturated carbocycles. The molecule has 1 atom stereocenters. The van der Waals surface area contributed by atoms with Gasteiger partial charge >= 0.3 is 95.3 Å². The Bertz CT molecular complexity index is 465. The Labute approximate surface area is 136 Å². The van der Waals surface area contributed by atoms with Crippen molar-refractivity contribution in [1.29, 1.82) is 0 Å². The number of hydrogen-bond acceptors (Lipinski definition) is 2. The fraction of sp³-hybridized carbons (Fsp3) is 0.188. The van der Waals surface area contributed by atoms with Gasteiger partial charge in [-0.05, 0) is 6.42 Å². The Morgan fingerprint density at radius 2 is 1.45 bits per heavy atom. The third-order valence-electron chi connectivity index (χ3n) is 2.44. The predicted octanol–water partition coefficient (Wildman–Crippen LogP) is 2.12. The summed E-state index contributed by atoms with van der Waals surface area (Å²) in [4.78, 5) is 9.85. The SMILES string of the molecule is CCC(S)C(=O)O.c1cc[c]([Sb][c]2ccccc2)cc1. The van der Waals surface area contributed by atoms with E-state index < -0.39 is 11.2 Å². The first-order valence-corrected chi connectivity index (χ1v) is 9.43. The van der Waals surface area contributed by atoms with Gasteiger partial charge in [0.2, 0.25) is 0 Å². The molecule has 2 aromatic carbocycles. The number of carbonyl (C=O) groups is 1. The summed E-state index contributed by atoms with van der Waals surface area (Å²) in [7, 11) is 0. The molecule has 2 aromatic rings. The van der Waals surface area contributed by atoms with Crippen molar-refractivity contribution in [2.45, 2.75) is 18.6 Å². The van der Waals surface area contributed by atoms with Gasteiger partial charge in [0.1, 0.15) is 0 Å². The van der Waals surface area contributed by atoms with Crippen LogP contribution in [0.3, 0.4) is 0 Å². The van der Waals surface area contributed by atoms with E-state index in [4.69, 9.17) is 5.11 Å². The molecule has 2 nitrogen and oxygen atoms in total. The van der Waals surface area contributed by atoms with Crippen LogP contribution in [0.4, 0.5) is 0 Å². The zero-order valence-corrected chi connectivity index (χ0v) is 14.8. The minimum atomic E-state index is -0.842. The Balaban J connectivity index is 0.000000246. The molecule has 0 aliphatic rings. The van der Waals surface area contributed by atoms with Gasteiger partial charge < -0.3 is 5.11 Å². The van der Waals surface area contributed by atoms with Gasteiger partial charge in [0.25, 0.3) is 0 Å². The molecule has 0 aliphatic heterocycles. The predicted molar refractivity (Wildman–Crippen MR) is 88.6 cm³/mol. The van der Waals surface area contributed by atoms with Crippen LogP contribution >= 0.6 is 12.6 Å². The molecule has 20 heavy (non-hydrogen) atoms. The Morgan fingerprint density at radius 3 is 1.70 bits per heavy atom. The van der Waals surface area contributed by atoms with Crippen LogP contribution in [0.2, 0.25) is 0 Å². The van der Waals surface area contributed by atoms with Crippen molar-refractivity contribution in [2.24, 2.45) is 0 Å². The standard InChI is InChI=1S/2C6H5.C4H8O2S.Sb/c2*1-2-4-6-5-3-1;1-2-3(7)4(5)6;/h2*1-5H;3,7H,2H2,1H3,(H,5,6);. The molecule has 4 heteroatoms. The second-order valence-corrected chi connectivity index (χ2v) is 8.25. The zero-order chi connectivity index (χ0) is 14.8. The summed E-state index contributed by atoms with van der Waals surface area (Å²) in [5, 5.41) is 7.62. The van der Waals surface area contributed by atoms with E-state index in [0.717, 1.165) is 0 Å². The first-order chi connectivity index (χ1) is 9.63. The number of carboxylic acid groups (broad SMARTS) is 1. The molecular weight excluding hydrogens is 378 g/mol. The fourth-order valence-corrected chi connectivity index (χ4v) is 4.01. The summed E-state index contributed by atoms with van der Waals surface area (Å²) in [5.74, 6) is -0.842. The molecule has 0 aliphatic carbocycles. The first kappa shape index (κ1) is 17.1. The number of carboxylic acids is 1. The van der Waals surface area contributed by atoms with Gasteiger partial charge in [-0.3, -0.25) is 4.79 Å². The van der Waals surface area contributed by atoms with Crippen molar-refractivity contribution in [3.63, 3.8) is 0 Å². The second-order valence-electron chi connectivity index (χ2n) is 4.05. The minimum absolute atomic E-state index is 0.335. The Morgan fingerprint density at radius 1 is 1.05 bits per heavy atom. The van der Waals surface area contributed by atoms with E-state index in [0.29, 0.717) is 6.42 Å². The molecule has 0 spiro atoms. The van der Waals surface area contributed by atoms with Crippen molar-refractivity contribution in [1.82, 2.24) is 0 Å². The second kappa shape index (κ2) is 9.90. The molecule has 0 aromatic heterocycles. The monoisotopic (exact) mass is 395 g/mol. The molecule has 1 unspecified atom stereocenters. The number of thiol groups is 1. The number of benzene rings is 2. The maximum absolute atomic E-state index is 9.85. The van der Waals surface area contributed by atoms with E-state index >= 15 is 0 Å². The van der Waals surface area contributed by atoms with Crippen LogP contribution in [-0.4, -0.2) is 37.9 Å². The van der Waals surface area contributed by atoms with Crippen LogP contribution in [0.25, 0.3) is 0 Å². The fourth-order valence-electron chi connectivity index (χ4n) is 1.33. The zero-order valence-electron chi connectivity index (χ0n) is 11.3. The van der Waals surface area contributed by atoms with Gasteiger partial charge in [0.15, 0.2) is 0 Å². The summed E-state index contributed by atoms with van der Waals surface area (Å²) in [6, 6.07) is 21.5. The first-order valence-electron chi connectivity index (χ1n) is 6.36. The van der Waals surface area contributed by atoms with Crippen molar-refractivity contribution in [2.75, 3.05) is 0 Å². The summed E-state index contributed by atoms with van der Waals surface area (Å²) in [6.07, 6.45) is 0.582. The summed E-state index contributed by atoms with van der Waals surface area (Å²) < 4.78 is 3.04. The average molecular weight is 396 g/mol. The molecule has 0 bridgehead atoms. The van der Waals surface area contributed by atoms with E-state index in [1.807, 2.05) is 0 Å². The van der Waals surface area contributed by atoms with Crippen LogP contribution in [0.15, 0.2) is 60.7 Å². The molecule has 2 rings (SSSR count). The van der Waals surface area contributed by atoms with Crippen LogP contribution in [0.5, 0.6) is 0 Å². The van der Waals surface area contributed by atoms with E-state index in [1.54, 1.807) is 6.92 Å². The van der Waals surface area contributed by atoms with E-state index in [-0.39, 0.29) is 21.6 Å². The van der Waals surface area contributed by atoms with Crippen molar-refractivity contribution < 1.29 is 9.90 Å². The van der Waals surface area contributed by atoms with Gasteiger partial charge in [-0.1, -0.05) is 6.92 Å². The molecule has 105 valence electrons. The summed E-state index contributed by atoms with van der Waals surface area (Å²) >= 11 is 3.39. The van der Waals surface area contributed by atoms with E-state index in [9.17, 15) is 4.79 Å². The summed E-state index contributed by atoms with van der Waals surface area (Å²) in [5.41, 5.74) is 0. The molecule has 0 amide bonds. The van der Waals surface area contributed by atoms with Crippen LogP contribution in [-0.2, 0) is 4.79 Å². The molecule has 0 heterocycles. The molecule has 1 N–H and O–H groups in total. The maximum atomic E-state index is 9.85. The van der Waals surface area contributed by atoms with Gasteiger partial charge in [0.05, 0.1) is 5.25 Å². The van der Waals surface area contributed by atoms with Gasteiger partial charge in [-0.25, -0.2) is 0 Å². The van der Waals surface area contributed by atoms with Gasteiger partial charge in [-0.15, -0.1) is 0 Å². The number of rotatable bonds is 4. The van der Waals surface area contributed by atoms with Crippen molar-refractivity contribution in [3.05, 3.63) is 60.7 Å². The van der Waals surface area contributed by atoms with Gasteiger partial charge in [0, 0.05) is 0 Å². The Kier molecular flexibility index (Phi) is 8.48. The third kappa shape index (κ3) is 7.02. The van der Waals surface area contributed by atoms with E-state index in [2.05, 4.69) is 73.3 Å². The molecule has 0 fully saturated rings. The Hall–Kier alpha value is -0.922. The third-order valence-corrected chi connectivity index (χ3v) is 6.20. The average Bonchev–Trinajstić information content (AvgIpc) is 2.49. The van der Waals surface area contributed by atoms with Gasteiger partial charge in [-0.2, -0.15) is 12.6 Å². The summed E-state index contributed by atoms with van der Waals surface area (Å²) in [6.45, 7) is 1.78. The molecular formula is C16H18O2SSb. The van der Waals surface area contributed by atoms with Crippen molar-refractivity contribution in [3.8, 4) is 0 Å². The quantitative estimate of drug-likeness (QED) is 0.614. The van der Waals surface area contributed by atoms with Crippen molar-refractivity contribution >= 4 is 47.2 Å². The molecule has 1 radical (unpaired) electrons. The number of hydrogen-bond donors (Lipinski definition) is 2. The van der Waals surface area contributed by atoms with E-state index in [1.165, 1.54) is 7.02 Å². The van der Waals surface area contributed by atoms with Crippen LogP contribution < -0.4 is 7.02 Å². The normalized spacial score (nSPS) is 11.1. The number of aliphatic carboxylic acids is 1.